The van der Waals surface area contributed by atoms with Gasteiger partial charge in [-0.05, 0) is 43.5 Å². The Morgan fingerprint density at radius 1 is 0.958 bits per heavy atom. The summed E-state index contributed by atoms with van der Waals surface area (Å²) in [4.78, 5) is 26.7. The van der Waals surface area contributed by atoms with Gasteiger partial charge in [-0.1, -0.05) is 36.4 Å². The first-order valence-corrected chi connectivity index (χ1v) is 8.36. The highest BCUT2D eigenvalue weighted by molar-refractivity contribution is 5.95. The van der Waals surface area contributed by atoms with E-state index in [-0.39, 0.29) is 17.7 Å². The molecule has 1 saturated heterocycles. The predicted molar refractivity (Wildman–Crippen MR) is 94.9 cm³/mol. The molecule has 0 radical (unpaired) electrons. The van der Waals surface area contributed by atoms with Gasteiger partial charge in [0.1, 0.15) is 0 Å². The van der Waals surface area contributed by atoms with Crippen LogP contribution in [0.4, 0.5) is 5.69 Å². The number of rotatable bonds is 3. The molecule has 2 amide bonds. The number of piperidine rings is 1. The number of anilines is 1. The van der Waals surface area contributed by atoms with E-state index in [0.29, 0.717) is 31.5 Å². The minimum atomic E-state index is -0.0376. The van der Waals surface area contributed by atoms with Crippen LogP contribution in [0.3, 0.4) is 0 Å². The monoisotopic (exact) mass is 322 g/mol. The molecule has 0 saturated carbocycles. The largest absolute Gasteiger partial charge is 0.339 e. The number of hydrogen-bond donors (Lipinski definition) is 1. The second kappa shape index (κ2) is 7.30. The molecule has 1 aliphatic heterocycles. The maximum absolute atomic E-state index is 12.5. The fourth-order valence-corrected chi connectivity index (χ4v) is 3.06. The lowest BCUT2D eigenvalue weighted by Crippen LogP contribution is -2.41. The molecule has 1 aliphatic rings. The SMILES string of the molecule is Cc1ccccc1NC(=O)C1CCN(C(=O)c2ccccc2)CC1. The van der Waals surface area contributed by atoms with Gasteiger partial charge in [0.2, 0.25) is 5.91 Å². The molecule has 0 aliphatic carbocycles. The lowest BCUT2D eigenvalue weighted by atomic mass is 9.95. The van der Waals surface area contributed by atoms with Crippen molar-refractivity contribution < 1.29 is 9.59 Å². The number of carbonyl (C=O) groups is 2. The van der Waals surface area contributed by atoms with E-state index in [9.17, 15) is 9.59 Å². The van der Waals surface area contributed by atoms with Crippen molar-refractivity contribution in [3.63, 3.8) is 0 Å². The van der Waals surface area contributed by atoms with Gasteiger partial charge >= 0.3 is 0 Å². The molecule has 24 heavy (non-hydrogen) atoms. The standard InChI is InChI=1S/C20H22N2O2/c1-15-7-5-6-10-18(15)21-19(23)16-11-13-22(14-12-16)20(24)17-8-3-2-4-9-17/h2-10,16H,11-14H2,1H3,(H,21,23). The van der Waals surface area contributed by atoms with E-state index in [1.54, 1.807) is 0 Å². The van der Waals surface area contributed by atoms with Crippen molar-refractivity contribution in [2.24, 2.45) is 5.92 Å². The van der Waals surface area contributed by atoms with Crippen LogP contribution in [-0.2, 0) is 4.79 Å². The topological polar surface area (TPSA) is 49.4 Å². The molecule has 0 bridgehead atoms. The van der Waals surface area contributed by atoms with Gasteiger partial charge in [-0.2, -0.15) is 0 Å². The predicted octanol–water partition coefficient (Wildman–Crippen LogP) is 3.49. The van der Waals surface area contributed by atoms with Crippen LogP contribution >= 0.6 is 0 Å². The van der Waals surface area contributed by atoms with Crippen LogP contribution in [0.15, 0.2) is 54.6 Å². The zero-order valence-electron chi connectivity index (χ0n) is 13.9. The second-order valence-electron chi connectivity index (χ2n) is 6.24. The lowest BCUT2D eigenvalue weighted by Gasteiger charge is -2.31. The number of nitrogens with one attached hydrogen (secondary N) is 1. The summed E-state index contributed by atoms with van der Waals surface area (Å²) in [6.07, 6.45) is 1.41. The number of nitrogens with zero attached hydrogens (tertiary/aromatic N) is 1. The molecule has 0 spiro atoms. The van der Waals surface area contributed by atoms with E-state index in [1.807, 2.05) is 66.4 Å². The van der Waals surface area contributed by atoms with Crippen LogP contribution in [0.1, 0.15) is 28.8 Å². The normalized spacial score (nSPS) is 15.1. The average Bonchev–Trinajstić information content (AvgIpc) is 2.64. The molecular weight excluding hydrogens is 300 g/mol. The molecule has 4 heteroatoms. The van der Waals surface area contributed by atoms with Crippen LogP contribution in [0, 0.1) is 12.8 Å². The van der Waals surface area contributed by atoms with E-state index in [2.05, 4.69) is 5.32 Å². The highest BCUT2D eigenvalue weighted by Gasteiger charge is 2.27. The Labute approximate surface area is 142 Å². The van der Waals surface area contributed by atoms with Crippen molar-refractivity contribution in [1.82, 2.24) is 4.90 Å². The van der Waals surface area contributed by atoms with Gasteiger partial charge in [0.25, 0.3) is 5.91 Å². The lowest BCUT2D eigenvalue weighted by molar-refractivity contribution is -0.121. The van der Waals surface area contributed by atoms with E-state index in [0.717, 1.165) is 11.3 Å². The zero-order chi connectivity index (χ0) is 16.9. The van der Waals surface area contributed by atoms with Crippen LogP contribution in [0.2, 0.25) is 0 Å². The number of likely N-dealkylation sites (tertiary alicyclic amines) is 1. The van der Waals surface area contributed by atoms with Crippen molar-refractivity contribution in [2.45, 2.75) is 19.8 Å². The number of benzene rings is 2. The number of aryl methyl sites for hydroxylation is 1. The summed E-state index contributed by atoms with van der Waals surface area (Å²) >= 11 is 0. The third-order valence-corrected chi connectivity index (χ3v) is 4.58. The molecule has 1 N–H and O–H groups in total. The van der Waals surface area contributed by atoms with Crippen molar-refractivity contribution in [2.75, 3.05) is 18.4 Å². The number of amides is 2. The summed E-state index contributed by atoms with van der Waals surface area (Å²) in [6, 6.07) is 17.1. The van der Waals surface area contributed by atoms with Crippen LogP contribution in [0.25, 0.3) is 0 Å². The van der Waals surface area contributed by atoms with E-state index >= 15 is 0 Å². The first-order chi connectivity index (χ1) is 11.6. The highest BCUT2D eigenvalue weighted by atomic mass is 16.2. The van der Waals surface area contributed by atoms with E-state index in [4.69, 9.17) is 0 Å². The Hall–Kier alpha value is -2.62. The third kappa shape index (κ3) is 3.65. The fraction of sp³-hybridized carbons (Fsp3) is 0.300. The summed E-state index contributed by atoms with van der Waals surface area (Å²) in [5.41, 5.74) is 2.63. The number of para-hydroxylation sites is 1. The van der Waals surface area contributed by atoms with Crippen LogP contribution in [0.5, 0.6) is 0 Å². The van der Waals surface area contributed by atoms with Gasteiger partial charge in [0, 0.05) is 30.3 Å². The van der Waals surface area contributed by atoms with Gasteiger partial charge in [-0.3, -0.25) is 9.59 Å². The summed E-state index contributed by atoms with van der Waals surface area (Å²) in [5.74, 6) is 0.0638. The van der Waals surface area contributed by atoms with Gasteiger partial charge in [0.05, 0.1) is 0 Å². The van der Waals surface area contributed by atoms with Gasteiger partial charge in [-0.15, -0.1) is 0 Å². The van der Waals surface area contributed by atoms with Gasteiger partial charge < -0.3 is 10.2 Å². The Kier molecular flexibility index (Phi) is 4.94. The minimum Gasteiger partial charge on any atom is -0.339 e. The number of hydrogen-bond acceptors (Lipinski definition) is 2. The van der Waals surface area contributed by atoms with E-state index < -0.39 is 0 Å². The van der Waals surface area contributed by atoms with Crippen molar-refractivity contribution in [3.8, 4) is 0 Å². The maximum Gasteiger partial charge on any atom is 0.253 e. The molecule has 1 fully saturated rings. The van der Waals surface area contributed by atoms with Gasteiger partial charge in [0.15, 0.2) is 0 Å². The Bertz CT molecular complexity index is 719. The summed E-state index contributed by atoms with van der Waals surface area (Å²) in [7, 11) is 0. The third-order valence-electron chi connectivity index (χ3n) is 4.58. The van der Waals surface area contributed by atoms with Crippen LogP contribution < -0.4 is 5.32 Å². The molecule has 2 aromatic rings. The fourth-order valence-electron chi connectivity index (χ4n) is 3.06. The van der Waals surface area contributed by atoms with Crippen molar-refractivity contribution in [3.05, 3.63) is 65.7 Å². The molecule has 124 valence electrons. The molecular formula is C20H22N2O2. The highest BCUT2D eigenvalue weighted by Crippen LogP contribution is 2.22. The smallest absolute Gasteiger partial charge is 0.253 e. The van der Waals surface area contributed by atoms with Crippen molar-refractivity contribution >= 4 is 17.5 Å². The minimum absolute atomic E-state index is 0.0376. The summed E-state index contributed by atoms with van der Waals surface area (Å²) in [6.45, 7) is 3.23. The average molecular weight is 322 g/mol. The molecule has 1 heterocycles. The number of carbonyl (C=O) groups excluding carboxylic acids is 2. The second-order valence-corrected chi connectivity index (χ2v) is 6.24. The summed E-state index contributed by atoms with van der Waals surface area (Å²) < 4.78 is 0. The van der Waals surface area contributed by atoms with Crippen LogP contribution in [-0.4, -0.2) is 29.8 Å². The Morgan fingerprint density at radius 2 is 1.58 bits per heavy atom. The Morgan fingerprint density at radius 3 is 2.25 bits per heavy atom. The maximum atomic E-state index is 12.5. The zero-order valence-corrected chi connectivity index (χ0v) is 13.9. The molecule has 3 rings (SSSR count). The first-order valence-electron chi connectivity index (χ1n) is 8.36. The molecule has 4 nitrogen and oxygen atoms in total. The van der Waals surface area contributed by atoms with E-state index in [1.165, 1.54) is 0 Å². The molecule has 0 unspecified atom stereocenters. The summed E-state index contributed by atoms with van der Waals surface area (Å²) in [5, 5.41) is 3.01. The molecule has 0 aromatic heterocycles. The molecule has 0 atom stereocenters. The quantitative estimate of drug-likeness (QED) is 0.940. The van der Waals surface area contributed by atoms with Crippen molar-refractivity contribution in [1.29, 1.82) is 0 Å². The van der Waals surface area contributed by atoms with Gasteiger partial charge in [-0.25, -0.2) is 0 Å². The first kappa shape index (κ1) is 16.2. The molecule has 2 aromatic carbocycles. The Balaban J connectivity index is 1.56.